The number of imidazole rings is 1. The number of hydrogen-bond acceptors (Lipinski definition) is 11. The third-order valence-electron chi connectivity index (χ3n) is 9.80. The van der Waals surface area contributed by atoms with Gasteiger partial charge in [-0.1, -0.05) is 12.8 Å². The minimum absolute atomic E-state index is 0.0646. The van der Waals surface area contributed by atoms with Gasteiger partial charge in [0.1, 0.15) is 22.7 Å². The number of ether oxygens (including phenoxy) is 2. The zero-order valence-electron chi connectivity index (χ0n) is 29.3. The largest absolute Gasteiger partial charge is 0.481 e. The fourth-order valence-corrected chi connectivity index (χ4v) is 7.31. The van der Waals surface area contributed by atoms with E-state index in [4.69, 9.17) is 24.5 Å². The number of aromatic amines is 1. The number of nitrogens with zero attached hydrogens (tertiary/aromatic N) is 8. The molecule has 1 saturated heterocycles. The van der Waals surface area contributed by atoms with E-state index in [1.807, 2.05) is 7.05 Å². The second-order valence-electron chi connectivity index (χ2n) is 13.6. The molecule has 0 unspecified atom stereocenters. The molecule has 0 amide bonds. The molecule has 13 nitrogen and oxygen atoms in total. The van der Waals surface area contributed by atoms with E-state index in [2.05, 4.69) is 41.6 Å². The van der Waals surface area contributed by atoms with Gasteiger partial charge >= 0.3 is 12.1 Å². The fraction of sp³-hybridized carbons (Fsp3) is 0.543. The summed E-state index contributed by atoms with van der Waals surface area (Å²) in [6.45, 7) is 7.75. The molecule has 0 aromatic carbocycles. The van der Waals surface area contributed by atoms with Gasteiger partial charge < -0.3 is 29.4 Å². The number of carbonyl (C=O) groups is 1. The molecule has 6 rings (SSSR count). The van der Waals surface area contributed by atoms with Crippen LogP contribution in [0.2, 0.25) is 0 Å². The monoisotopic (exact) mass is 711 g/mol. The number of aliphatic carboxylic acids is 1. The van der Waals surface area contributed by atoms with Crippen LogP contribution in [0.1, 0.15) is 51.6 Å². The number of aromatic nitrogens is 6. The van der Waals surface area contributed by atoms with Crippen molar-refractivity contribution in [2.75, 3.05) is 69.9 Å². The van der Waals surface area contributed by atoms with E-state index in [0.29, 0.717) is 73.5 Å². The molecule has 0 bridgehead atoms. The number of hydrogen-bond donors (Lipinski definition) is 2. The van der Waals surface area contributed by atoms with Gasteiger partial charge in [0.25, 0.3) is 0 Å². The molecule has 2 fully saturated rings. The molecule has 1 saturated carbocycles. The Hall–Kier alpha value is -4.57. The molecule has 274 valence electrons. The maximum absolute atomic E-state index is 13.9. The SMILES string of the molecule is CCOc1cc(-c2cc(N(C)CC3(COC)CCCC3)c3[nH]c(-c4cnc(N5CCN(CCC(=O)O)[C@H](C)C5)cn4)nc3n2)cc(C(F)(F)F)n1. The first-order chi connectivity index (χ1) is 24.4. The van der Waals surface area contributed by atoms with Crippen molar-refractivity contribution in [2.45, 2.75) is 58.2 Å². The van der Waals surface area contributed by atoms with Gasteiger partial charge in [-0.25, -0.2) is 24.9 Å². The summed E-state index contributed by atoms with van der Waals surface area (Å²) in [5.74, 6) is 0.166. The van der Waals surface area contributed by atoms with Crippen molar-refractivity contribution in [1.29, 1.82) is 0 Å². The maximum atomic E-state index is 13.9. The number of nitrogens with one attached hydrogen (secondary N) is 1. The van der Waals surface area contributed by atoms with Crippen molar-refractivity contribution >= 4 is 28.6 Å². The van der Waals surface area contributed by atoms with Gasteiger partial charge in [-0.3, -0.25) is 9.69 Å². The summed E-state index contributed by atoms with van der Waals surface area (Å²) in [4.78, 5) is 43.3. The van der Waals surface area contributed by atoms with Crippen molar-refractivity contribution in [3.8, 4) is 28.7 Å². The lowest BCUT2D eigenvalue weighted by atomic mass is 9.86. The molecule has 51 heavy (non-hydrogen) atoms. The predicted octanol–water partition coefficient (Wildman–Crippen LogP) is 5.52. The van der Waals surface area contributed by atoms with Gasteiger partial charge in [0.15, 0.2) is 11.5 Å². The summed E-state index contributed by atoms with van der Waals surface area (Å²) in [6, 6.07) is 4.37. The van der Waals surface area contributed by atoms with Crippen LogP contribution in [0.15, 0.2) is 30.6 Å². The van der Waals surface area contributed by atoms with E-state index in [9.17, 15) is 18.0 Å². The lowest BCUT2D eigenvalue weighted by Gasteiger charge is -2.40. The van der Waals surface area contributed by atoms with Crippen LogP contribution in [-0.4, -0.2) is 112 Å². The van der Waals surface area contributed by atoms with Gasteiger partial charge in [-0.2, -0.15) is 13.2 Å². The second-order valence-corrected chi connectivity index (χ2v) is 13.6. The van der Waals surface area contributed by atoms with E-state index in [-0.39, 0.29) is 35.9 Å². The summed E-state index contributed by atoms with van der Waals surface area (Å²) < 4.78 is 52.8. The van der Waals surface area contributed by atoms with Crippen LogP contribution in [0, 0.1) is 5.41 Å². The predicted molar refractivity (Wildman–Crippen MR) is 186 cm³/mol. The number of anilines is 2. The van der Waals surface area contributed by atoms with E-state index in [0.717, 1.165) is 37.4 Å². The number of rotatable bonds is 13. The van der Waals surface area contributed by atoms with Crippen molar-refractivity contribution in [2.24, 2.45) is 5.41 Å². The van der Waals surface area contributed by atoms with Gasteiger partial charge in [-0.15, -0.1) is 0 Å². The van der Waals surface area contributed by atoms with Crippen molar-refractivity contribution in [1.82, 2.24) is 34.8 Å². The molecule has 2 N–H and O–H groups in total. The first-order valence-electron chi connectivity index (χ1n) is 17.2. The summed E-state index contributed by atoms with van der Waals surface area (Å²) in [5, 5.41) is 9.07. The number of fused-ring (bicyclic) bond motifs is 1. The number of halogens is 3. The molecule has 4 aromatic heterocycles. The molecule has 1 aliphatic heterocycles. The van der Waals surface area contributed by atoms with Crippen molar-refractivity contribution < 1.29 is 32.5 Å². The van der Waals surface area contributed by atoms with Crippen LogP contribution in [0.5, 0.6) is 5.88 Å². The van der Waals surface area contributed by atoms with Crippen LogP contribution >= 0.6 is 0 Å². The Morgan fingerprint density at radius 3 is 2.53 bits per heavy atom. The van der Waals surface area contributed by atoms with Gasteiger partial charge in [-0.05, 0) is 38.8 Å². The number of pyridine rings is 2. The number of carboxylic acid groups (broad SMARTS) is 1. The van der Waals surface area contributed by atoms with E-state index in [1.54, 1.807) is 32.5 Å². The maximum Gasteiger partial charge on any atom is 0.433 e. The first kappa shape index (κ1) is 36.2. The van der Waals surface area contributed by atoms with E-state index < -0.39 is 17.8 Å². The molecule has 16 heteroatoms. The van der Waals surface area contributed by atoms with Gasteiger partial charge in [0.05, 0.1) is 43.4 Å². The number of piperazine rings is 1. The highest BCUT2D eigenvalue weighted by Crippen LogP contribution is 2.41. The Morgan fingerprint density at radius 2 is 1.88 bits per heavy atom. The van der Waals surface area contributed by atoms with Crippen LogP contribution < -0.4 is 14.5 Å². The van der Waals surface area contributed by atoms with Crippen molar-refractivity contribution in [3.63, 3.8) is 0 Å². The lowest BCUT2D eigenvalue weighted by molar-refractivity contribution is -0.141. The van der Waals surface area contributed by atoms with E-state index >= 15 is 0 Å². The minimum Gasteiger partial charge on any atom is -0.481 e. The average Bonchev–Trinajstić information content (AvgIpc) is 3.74. The molecule has 0 radical (unpaired) electrons. The third-order valence-corrected chi connectivity index (χ3v) is 9.80. The summed E-state index contributed by atoms with van der Waals surface area (Å²) in [6.07, 6.45) is 2.97. The molecular weight excluding hydrogens is 667 g/mol. The average molecular weight is 712 g/mol. The third kappa shape index (κ3) is 8.17. The van der Waals surface area contributed by atoms with Gasteiger partial charge in [0, 0.05) is 70.0 Å². The van der Waals surface area contributed by atoms with Crippen LogP contribution in [0.3, 0.4) is 0 Å². The Labute approximate surface area is 294 Å². The molecule has 1 atom stereocenters. The Balaban J connectivity index is 1.35. The number of carboxylic acids is 1. The molecule has 2 aliphatic rings. The fourth-order valence-electron chi connectivity index (χ4n) is 7.31. The number of H-pyrrole nitrogens is 1. The zero-order valence-corrected chi connectivity index (χ0v) is 29.3. The topological polar surface area (TPSA) is 146 Å². The Morgan fingerprint density at radius 1 is 1.10 bits per heavy atom. The molecule has 4 aromatic rings. The minimum atomic E-state index is -4.68. The first-order valence-corrected chi connectivity index (χ1v) is 17.2. The van der Waals surface area contributed by atoms with Crippen molar-refractivity contribution in [3.05, 3.63) is 36.3 Å². The molecule has 1 aliphatic carbocycles. The quantitative estimate of drug-likeness (QED) is 0.180. The summed E-state index contributed by atoms with van der Waals surface area (Å²) in [7, 11) is 3.67. The highest BCUT2D eigenvalue weighted by Gasteiger charge is 2.36. The Bertz CT molecular complexity index is 1830. The number of alkyl halides is 3. The molecule has 5 heterocycles. The lowest BCUT2D eigenvalue weighted by Crippen LogP contribution is -2.52. The highest BCUT2D eigenvalue weighted by atomic mass is 19.4. The highest BCUT2D eigenvalue weighted by molar-refractivity contribution is 5.91. The van der Waals surface area contributed by atoms with Crippen LogP contribution in [0.25, 0.3) is 33.9 Å². The Kier molecular flexibility index (Phi) is 10.6. The standard InChI is InChI=1S/C35H44F3N9O4/c1-5-51-29-15-23(14-27(42-29)35(36,37)38)24-16-26(45(3)20-34(21-50-4)9-6-7-10-34)31-33(41-24)44-32(43-31)25-17-40-28(18-39-25)47-13-12-46(22(2)19-47)11-8-30(48)49/h14-18,22H,5-13,19-21H2,1-4H3,(H,48,49)(H,41,43,44)/t22-/m1/s1. The molecule has 0 spiro atoms. The van der Waals surface area contributed by atoms with Crippen LogP contribution in [0.4, 0.5) is 24.7 Å². The smallest absolute Gasteiger partial charge is 0.433 e. The number of methoxy groups -OCH3 is 1. The summed E-state index contributed by atoms with van der Waals surface area (Å²) in [5.41, 5.74) is 1.50. The second kappa shape index (κ2) is 15.0. The molecular formula is C35H44F3N9O4. The van der Waals surface area contributed by atoms with E-state index in [1.165, 1.54) is 6.07 Å². The van der Waals surface area contributed by atoms with Gasteiger partial charge in [0.2, 0.25) is 5.88 Å². The zero-order chi connectivity index (χ0) is 36.3. The van der Waals surface area contributed by atoms with Crippen LogP contribution in [-0.2, 0) is 15.7 Å². The summed E-state index contributed by atoms with van der Waals surface area (Å²) >= 11 is 0. The normalized spacial score (nSPS) is 18.0.